The van der Waals surface area contributed by atoms with Gasteiger partial charge in [-0.25, -0.2) is 8.42 Å². The van der Waals surface area contributed by atoms with Gasteiger partial charge in [0.2, 0.25) is 0 Å². The highest BCUT2D eigenvalue weighted by atomic mass is 32.2. The summed E-state index contributed by atoms with van der Waals surface area (Å²) in [4.78, 5) is 15.5. The average Bonchev–Trinajstić information content (AvgIpc) is 2.16. The van der Waals surface area contributed by atoms with Gasteiger partial charge in [-0.3, -0.25) is 9.78 Å². The molecule has 0 aliphatic carbocycles. The molecule has 4 nitrogen and oxygen atoms in total. The molecule has 0 saturated heterocycles. The first kappa shape index (κ1) is 12.8. The maximum absolute atomic E-state index is 11.4. The van der Waals surface area contributed by atoms with Gasteiger partial charge in [0.25, 0.3) is 0 Å². The fourth-order valence-corrected chi connectivity index (χ4v) is 2.00. The molecule has 0 aliphatic rings. The number of hydrogen-bond donors (Lipinski definition) is 0. The van der Waals surface area contributed by atoms with Crippen LogP contribution in [0.2, 0.25) is 0 Å². The number of sulfone groups is 1. The van der Waals surface area contributed by atoms with E-state index < -0.39 is 15.6 Å². The van der Waals surface area contributed by atoms with Gasteiger partial charge in [0, 0.05) is 24.6 Å². The summed E-state index contributed by atoms with van der Waals surface area (Å²) in [6.07, 6.45) is 3.74. The molecule has 0 atom stereocenters. The fraction of sp³-hybridized carbons (Fsp3) is 0.455. The molecule has 16 heavy (non-hydrogen) atoms. The molecule has 0 spiro atoms. The zero-order valence-electron chi connectivity index (χ0n) is 9.43. The first-order valence-electron chi connectivity index (χ1n) is 5.04. The Labute approximate surface area is 95.6 Å². The van der Waals surface area contributed by atoms with E-state index in [2.05, 4.69) is 4.98 Å². The minimum atomic E-state index is -3.23. The predicted molar refractivity (Wildman–Crippen MR) is 62.0 cm³/mol. The lowest BCUT2D eigenvalue weighted by Gasteiger charge is -2.01. The van der Waals surface area contributed by atoms with Crippen LogP contribution in [0.4, 0.5) is 0 Å². The molecular formula is C11H15NO3S. The summed E-state index contributed by atoms with van der Waals surface area (Å²) in [6.45, 7) is 2.02. The maximum atomic E-state index is 11.4. The summed E-state index contributed by atoms with van der Waals surface area (Å²) in [5, 5.41) is 0. The third kappa shape index (κ3) is 4.53. The van der Waals surface area contributed by atoms with E-state index in [0.717, 1.165) is 18.2 Å². The smallest absolute Gasteiger partial charge is 0.154 e. The van der Waals surface area contributed by atoms with Crippen LogP contribution in [-0.4, -0.2) is 31.2 Å². The number of hydrogen-bond acceptors (Lipinski definition) is 4. The van der Waals surface area contributed by atoms with Gasteiger partial charge in [0.15, 0.2) is 15.6 Å². The van der Waals surface area contributed by atoms with Gasteiger partial charge < -0.3 is 0 Å². The Morgan fingerprint density at radius 1 is 1.38 bits per heavy atom. The van der Waals surface area contributed by atoms with Crippen LogP contribution in [0.5, 0.6) is 0 Å². The van der Waals surface area contributed by atoms with Crippen LogP contribution in [0.3, 0.4) is 0 Å². The number of Topliss-reactive ketones (excluding diaryl/α,β-unsaturated/α-hetero) is 1. The molecule has 5 heteroatoms. The number of aryl methyl sites for hydroxylation is 1. The van der Waals surface area contributed by atoms with Crippen molar-refractivity contribution in [3.8, 4) is 0 Å². The molecule has 1 aromatic rings. The molecule has 1 heterocycles. The van der Waals surface area contributed by atoms with Crippen LogP contribution in [0.1, 0.15) is 18.2 Å². The summed E-state index contributed by atoms with van der Waals surface area (Å²) in [7, 11) is -3.23. The van der Waals surface area contributed by atoms with E-state index in [4.69, 9.17) is 0 Å². The molecule has 0 saturated carbocycles. The molecule has 0 aliphatic heterocycles. The number of nitrogens with zero attached hydrogens (tertiary/aromatic N) is 1. The summed E-state index contributed by atoms with van der Waals surface area (Å²) in [5.74, 6) is -0.733. The SMILES string of the molecule is CCc1ccc(CC(=O)CS(C)(=O)=O)nc1. The summed E-state index contributed by atoms with van der Waals surface area (Å²) in [6, 6.07) is 3.66. The molecule has 0 amide bonds. The zero-order valence-corrected chi connectivity index (χ0v) is 10.3. The molecule has 0 N–H and O–H groups in total. The Balaban J connectivity index is 2.63. The highest BCUT2D eigenvalue weighted by Crippen LogP contribution is 2.02. The van der Waals surface area contributed by atoms with E-state index in [1.54, 1.807) is 12.3 Å². The normalized spacial score (nSPS) is 11.4. The average molecular weight is 241 g/mol. The minimum Gasteiger partial charge on any atom is -0.298 e. The first-order chi connectivity index (χ1) is 7.40. The lowest BCUT2D eigenvalue weighted by molar-refractivity contribution is -0.116. The first-order valence-corrected chi connectivity index (χ1v) is 7.10. The minimum absolute atomic E-state index is 0.0804. The number of carbonyl (C=O) groups is 1. The van der Waals surface area contributed by atoms with Crippen LogP contribution in [0, 0.1) is 0 Å². The van der Waals surface area contributed by atoms with Crippen LogP contribution in [0.15, 0.2) is 18.3 Å². The van der Waals surface area contributed by atoms with E-state index in [0.29, 0.717) is 5.69 Å². The topological polar surface area (TPSA) is 64.1 Å². The largest absolute Gasteiger partial charge is 0.298 e. The van der Waals surface area contributed by atoms with Gasteiger partial charge in [-0.15, -0.1) is 0 Å². The summed E-state index contributed by atoms with van der Waals surface area (Å²) in [5.41, 5.74) is 1.71. The lowest BCUT2D eigenvalue weighted by Crippen LogP contribution is -2.16. The van der Waals surface area contributed by atoms with Crippen molar-refractivity contribution < 1.29 is 13.2 Å². The van der Waals surface area contributed by atoms with Crippen LogP contribution in [-0.2, 0) is 27.5 Å². The molecule has 1 aromatic heterocycles. The molecule has 0 fully saturated rings. The maximum Gasteiger partial charge on any atom is 0.154 e. The van der Waals surface area contributed by atoms with Crippen molar-refractivity contribution in [1.82, 2.24) is 4.98 Å². The number of rotatable bonds is 5. The van der Waals surface area contributed by atoms with Crippen molar-refractivity contribution >= 4 is 15.6 Å². The second-order valence-electron chi connectivity index (χ2n) is 3.80. The van der Waals surface area contributed by atoms with Crippen molar-refractivity contribution in [2.75, 3.05) is 12.0 Å². The molecule has 88 valence electrons. The lowest BCUT2D eigenvalue weighted by atomic mass is 10.1. The second kappa shape index (κ2) is 5.21. The third-order valence-electron chi connectivity index (χ3n) is 2.10. The monoisotopic (exact) mass is 241 g/mol. The highest BCUT2D eigenvalue weighted by Gasteiger charge is 2.11. The van der Waals surface area contributed by atoms with Gasteiger partial charge in [-0.1, -0.05) is 13.0 Å². The fourth-order valence-electron chi connectivity index (χ4n) is 1.31. The van der Waals surface area contributed by atoms with E-state index >= 15 is 0 Å². The summed E-state index contributed by atoms with van der Waals surface area (Å²) < 4.78 is 21.8. The standard InChI is InChI=1S/C11H15NO3S/c1-3-9-4-5-10(12-7-9)6-11(13)8-16(2,14)15/h4-5,7H,3,6,8H2,1-2H3. The number of carbonyl (C=O) groups excluding carboxylic acids is 1. The number of pyridine rings is 1. The zero-order chi connectivity index (χ0) is 12.2. The molecule has 0 radical (unpaired) electrons. The molecule has 1 rings (SSSR count). The number of ketones is 1. The molecular weight excluding hydrogens is 226 g/mol. The van der Waals surface area contributed by atoms with Crippen LogP contribution >= 0.6 is 0 Å². The van der Waals surface area contributed by atoms with Crippen molar-refractivity contribution in [3.63, 3.8) is 0 Å². The number of aromatic nitrogens is 1. The van der Waals surface area contributed by atoms with Gasteiger partial charge in [0.05, 0.1) is 0 Å². The molecule has 0 aromatic carbocycles. The van der Waals surface area contributed by atoms with Crippen LogP contribution < -0.4 is 0 Å². The predicted octanol–water partition coefficient (Wildman–Crippen LogP) is 0.800. The van der Waals surface area contributed by atoms with Crippen molar-refractivity contribution in [3.05, 3.63) is 29.6 Å². The molecule has 0 bridgehead atoms. The van der Waals surface area contributed by atoms with E-state index in [9.17, 15) is 13.2 Å². The van der Waals surface area contributed by atoms with E-state index in [-0.39, 0.29) is 12.2 Å². The summed E-state index contributed by atoms with van der Waals surface area (Å²) >= 11 is 0. The Morgan fingerprint density at radius 3 is 2.50 bits per heavy atom. The van der Waals surface area contributed by atoms with Gasteiger partial charge in [0.1, 0.15) is 5.75 Å². The quantitative estimate of drug-likeness (QED) is 0.765. The molecule has 0 unspecified atom stereocenters. The Kier molecular flexibility index (Phi) is 4.18. The third-order valence-corrected chi connectivity index (χ3v) is 2.94. The second-order valence-corrected chi connectivity index (χ2v) is 5.94. The van der Waals surface area contributed by atoms with Gasteiger partial charge >= 0.3 is 0 Å². The van der Waals surface area contributed by atoms with Crippen LogP contribution in [0.25, 0.3) is 0 Å². The Morgan fingerprint density at radius 2 is 2.06 bits per heavy atom. The Bertz CT molecular complexity index is 463. The Hall–Kier alpha value is -1.23. The van der Waals surface area contributed by atoms with E-state index in [1.807, 2.05) is 13.0 Å². The van der Waals surface area contributed by atoms with Crippen molar-refractivity contribution in [2.45, 2.75) is 19.8 Å². The van der Waals surface area contributed by atoms with Gasteiger partial charge in [-0.05, 0) is 18.1 Å². The highest BCUT2D eigenvalue weighted by molar-refractivity contribution is 7.91. The van der Waals surface area contributed by atoms with E-state index in [1.165, 1.54) is 0 Å². The van der Waals surface area contributed by atoms with Crippen molar-refractivity contribution in [1.29, 1.82) is 0 Å². The van der Waals surface area contributed by atoms with Gasteiger partial charge in [-0.2, -0.15) is 0 Å². The van der Waals surface area contributed by atoms with Crippen molar-refractivity contribution in [2.24, 2.45) is 0 Å².